The van der Waals surface area contributed by atoms with Gasteiger partial charge < -0.3 is 16.2 Å². The molecule has 14 heteroatoms. The Morgan fingerprint density at radius 3 is 1.58 bits per heavy atom. The van der Waals surface area contributed by atoms with Crippen molar-refractivity contribution in [2.75, 3.05) is 11.5 Å². The number of allylic oxidation sites excluding steroid dienone is 1. The SMILES string of the molecule is Nc1cccc(N)c1OC(F)=C(F)C(F)(F)C(F)(F)C(F)(F)C(F)(F)F. The molecular weight excluding hydrogens is 397 g/mol. The van der Waals surface area contributed by atoms with Crippen LogP contribution in [-0.4, -0.2) is 23.9 Å². The zero-order chi connectivity index (χ0) is 20.7. The molecule has 0 aliphatic heterocycles. The van der Waals surface area contributed by atoms with Gasteiger partial charge in [-0.15, -0.1) is 0 Å². The Morgan fingerprint density at radius 2 is 1.19 bits per heavy atom. The summed E-state index contributed by atoms with van der Waals surface area (Å²) in [4.78, 5) is 0. The molecule has 0 aliphatic rings. The van der Waals surface area contributed by atoms with Gasteiger partial charge in [0.05, 0.1) is 11.4 Å². The van der Waals surface area contributed by atoms with Gasteiger partial charge in [-0.3, -0.25) is 0 Å². The lowest BCUT2D eigenvalue weighted by Crippen LogP contribution is -2.61. The van der Waals surface area contributed by atoms with Gasteiger partial charge in [0.15, 0.2) is 5.75 Å². The smallest absolute Gasteiger partial charge is 0.425 e. The van der Waals surface area contributed by atoms with E-state index in [1.807, 2.05) is 0 Å². The van der Waals surface area contributed by atoms with Crippen molar-refractivity contribution in [3.8, 4) is 5.75 Å². The number of alkyl halides is 9. The largest absolute Gasteiger partial charge is 0.460 e. The van der Waals surface area contributed by atoms with E-state index in [0.717, 1.165) is 18.2 Å². The number of ether oxygens (including phenoxy) is 1. The summed E-state index contributed by atoms with van der Waals surface area (Å²) in [6.07, 6.45) is -7.19. The van der Waals surface area contributed by atoms with Crippen molar-refractivity contribution in [3.05, 3.63) is 30.0 Å². The van der Waals surface area contributed by atoms with Crippen LogP contribution in [-0.2, 0) is 0 Å². The van der Waals surface area contributed by atoms with E-state index in [0.29, 0.717) is 0 Å². The van der Waals surface area contributed by atoms with Crippen LogP contribution >= 0.6 is 0 Å². The highest BCUT2D eigenvalue weighted by Gasteiger charge is 2.83. The van der Waals surface area contributed by atoms with Gasteiger partial charge in [0.25, 0.3) is 0 Å². The highest BCUT2D eigenvalue weighted by atomic mass is 19.4. The molecule has 0 fully saturated rings. The number of rotatable bonds is 5. The van der Waals surface area contributed by atoms with Gasteiger partial charge in [-0.2, -0.15) is 48.3 Å². The fourth-order valence-corrected chi connectivity index (χ4v) is 1.46. The van der Waals surface area contributed by atoms with Gasteiger partial charge in [-0.25, -0.2) is 0 Å². The topological polar surface area (TPSA) is 61.3 Å². The van der Waals surface area contributed by atoms with Crippen LogP contribution in [0, 0.1) is 0 Å². The minimum absolute atomic E-state index is 0.608. The van der Waals surface area contributed by atoms with Gasteiger partial charge in [-0.1, -0.05) is 6.07 Å². The minimum atomic E-state index is -7.40. The molecular formula is C12H7F11N2O. The first-order valence-corrected chi connectivity index (χ1v) is 6.06. The monoisotopic (exact) mass is 404 g/mol. The van der Waals surface area contributed by atoms with Crippen LogP contribution in [0.4, 0.5) is 59.7 Å². The molecule has 0 atom stereocenters. The van der Waals surface area contributed by atoms with Crippen molar-refractivity contribution in [3.63, 3.8) is 0 Å². The predicted molar refractivity (Wildman–Crippen MR) is 66.0 cm³/mol. The second-order valence-electron chi connectivity index (χ2n) is 4.68. The van der Waals surface area contributed by atoms with Crippen molar-refractivity contribution in [1.29, 1.82) is 0 Å². The Kier molecular flexibility index (Phi) is 5.32. The maximum Gasteiger partial charge on any atom is 0.460 e. The average molecular weight is 404 g/mol. The third kappa shape index (κ3) is 3.31. The number of halogens is 11. The Hall–Kier alpha value is -2.41. The first-order chi connectivity index (χ1) is 11.5. The summed E-state index contributed by atoms with van der Waals surface area (Å²) >= 11 is 0. The molecule has 0 saturated carbocycles. The van der Waals surface area contributed by atoms with E-state index in [1.54, 1.807) is 0 Å². The predicted octanol–water partition coefficient (Wildman–Crippen LogP) is 4.81. The van der Waals surface area contributed by atoms with Crippen LogP contribution in [0.2, 0.25) is 0 Å². The zero-order valence-electron chi connectivity index (χ0n) is 12.0. The van der Waals surface area contributed by atoms with Crippen molar-refractivity contribution < 1.29 is 53.0 Å². The number of anilines is 2. The summed E-state index contributed by atoms with van der Waals surface area (Å²) in [7, 11) is 0. The average Bonchev–Trinajstić information content (AvgIpc) is 2.48. The quantitative estimate of drug-likeness (QED) is 0.421. The van der Waals surface area contributed by atoms with Crippen LogP contribution in [0.1, 0.15) is 0 Å². The Labute approximate surface area is 137 Å². The normalized spacial score (nSPS) is 14.9. The van der Waals surface area contributed by atoms with Gasteiger partial charge in [0.2, 0.25) is 5.83 Å². The van der Waals surface area contributed by atoms with E-state index in [2.05, 4.69) is 4.74 Å². The third-order valence-electron chi connectivity index (χ3n) is 2.86. The molecule has 0 amide bonds. The van der Waals surface area contributed by atoms with E-state index in [4.69, 9.17) is 11.5 Å². The summed E-state index contributed by atoms with van der Waals surface area (Å²) in [5.74, 6) is -26.8. The zero-order valence-corrected chi connectivity index (χ0v) is 12.0. The van der Waals surface area contributed by atoms with Gasteiger partial charge in [-0.05, 0) is 12.1 Å². The molecule has 0 radical (unpaired) electrons. The van der Waals surface area contributed by atoms with E-state index in [1.165, 1.54) is 0 Å². The Balaban J connectivity index is 3.39. The number of benzene rings is 1. The first kappa shape index (κ1) is 21.6. The molecule has 0 unspecified atom stereocenters. The maximum atomic E-state index is 13.4. The van der Waals surface area contributed by atoms with Gasteiger partial charge in [0.1, 0.15) is 0 Å². The molecule has 1 aromatic carbocycles. The molecule has 0 spiro atoms. The summed E-state index contributed by atoms with van der Waals surface area (Å²) in [6.45, 7) is 0. The van der Waals surface area contributed by atoms with Crippen LogP contribution in [0.25, 0.3) is 0 Å². The molecule has 148 valence electrons. The second-order valence-corrected chi connectivity index (χ2v) is 4.68. The number of nitrogen functional groups attached to an aromatic ring is 2. The van der Waals surface area contributed by atoms with E-state index < -0.39 is 52.9 Å². The lowest BCUT2D eigenvalue weighted by Gasteiger charge is -2.32. The molecule has 4 N–H and O–H groups in total. The lowest BCUT2D eigenvalue weighted by atomic mass is 10.0. The molecule has 0 saturated heterocycles. The van der Waals surface area contributed by atoms with Crippen LogP contribution in [0.15, 0.2) is 30.0 Å². The van der Waals surface area contributed by atoms with Crippen LogP contribution < -0.4 is 16.2 Å². The maximum absolute atomic E-state index is 13.4. The number of para-hydroxylation sites is 1. The summed E-state index contributed by atoms with van der Waals surface area (Å²) in [6, 6.07) is -0.275. The van der Waals surface area contributed by atoms with Crippen LogP contribution in [0.3, 0.4) is 0 Å². The third-order valence-corrected chi connectivity index (χ3v) is 2.86. The molecule has 0 aliphatic carbocycles. The molecule has 1 rings (SSSR count). The van der Waals surface area contributed by atoms with Crippen molar-refractivity contribution in [2.45, 2.75) is 23.9 Å². The molecule has 0 heterocycles. The number of hydrogen-bond acceptors (Lipinski definition) is 3. The fourth-order valence-electron chi connectivity index (χ4n) is 1.46. The van der Waals surface area contributed by atoms with E-state index in [-0.39, 0.29) is 0 Å². The molecule has 26 heavy (non-hydrogen) atoms. The van der Waals surface area contributed by atoms with Crippen molar-refractivity contribution >= 4 is 11.4 Å². The lowest BCUT2D eigenvalue weighted by molar-refractivity contribution is -0.392. The van der Waals surface area contributed by atoms with Gasteiger partial charge in [0, 0.05) is 0 Å². The number of nitrogens with two attached hydrogens (primary N) is 2. The minimum Gasteiger partial charge on any atom is -0.425 e. The fraction of sp³-hybridized carbons (Fsp3) is 0.333. The molecule has 3 nitrogen and oxygen atoms in total. The standard InChI is InChI=1S/C12H7F11N2O/c13-7(8(14)26-6-4(24)2-1-3-5(6)25)9(15,16)10(17,18)11(19,20)12(21,22)23/h1-3H,24-25H2. The number of hydrogen-bond donors (Lipinski definition) is 2. The van der Waals surface area contributed by atoms with E-state index >= 15 is 0 Å². The summed E-state index contributed by atoms with van der Waals surface area (Å²) in [5.41, 5.74) is 9.12. The highest BCUT2D eigenvalue weighted by molar-refractivity contribution is 5.67. The van der Waals surface area contributed by atoms with Gasteiger partial charge >= 0.3 is 30.0 Å². The van der Waals surface area contributed by atoms with Crippen LogP contribution in [0.5, 0.6) is 5.75 Å². The highest BCUT2D eigenvalue weighted by Crippen LogP contribution is 2.55. The Morgan fingerprint density at radius 1 is 0.769 bits per heavy atom. The summed E-state index contributed by atoms with van der Waals surface area (Å²) in [5, 5.41) is 0. The molecule has 0 aromatic heterocycles. The first-order valence-electron chi connectivity index (χ1n) is 6.06. The Bertz CT molecular complexity index is 691. The summed E-state index contributed by atoms with van der Waals surface area (Å²) < 4.78 is 144. The second kappa shape index (κ2) is 6.39. The van der Waals surface area contributed by atoms with Crippen molar-refractivity contribution in [1.82, 2.24) is 0 Å². The molecule has 0 bridgehead atoms. The molecule has 1 aromatic rings. The van der Waals surface area contributed by atoms with E-state index in [9.17, 15) is 48.3 Å². The van der Waals surface area contributed by atoms with Crippen molar-refractivity contribution in [2.24, 2.45) is 0 Å².